The van der Waals surface area contributed by atoms with Crippen LogP contribution in [0.2, 0.25) is 0 Å². The van der Waals surface area contributed by atoms with E-state index < -0.39 is 5.91 Å². The Morgan fingerprint density at radius 2 is 2.04 bits per heavy atom. The van der Waals surface area contributed by atoms with Crippen molar-refractivity contribution in [1.82, 2.24) is 20.6 Å². The largest absolute Gasteiger partial charge is 0.404 e. The van der Waals surface area contributed by atoms with Crippen LogP contribution in [-0.2, 0) is 4.79 Å². The predicted octanol–water partition coefficient (Wildman–Crippen LogP) is 1.09. The average Bonchev–Trinajstić information content (AvgIpc) is 2.56. The number of allylic oxidation sites excluding steroid dienone is 1. The fraction of sp³-hybridized carbons (Fsp3) is 0.389. The number of carbonyl (C=O) groups is 1. The van der Waals surface area contributed by atoms with Gasteiger partial charge in [-0.3, -0.25) is 4.79 Å². The number of aryl methyl sites for hydroxylation is 1. The molecule has 25 heavy (non-hydrogen) atoms. The van der Waals surface area contributed by atoms with Gasteiger partial charge in [-0.15, -0.1) is 0 Å². The first-order valence-corrected chi connectivity index (χ1v) is 8.41. The molecule has 134 valence electrons. The van der Waals surface area contributed by atoms with Gasteiger partial charge in [0, 0.05) is 48.7 Å². The number of nitrogens with one attached hydrogen (secondary N) is 2. The van der Waals surface area contributed by atoms with E-state index >= 15 is 0 Å². The highest BCUT2D eigenvalue weighted by Crippen LogP contribution is 2.21. The lowest BCUT2D eigenvalue weighted by Crippen LogP contribution is -2.37. The summed E-state index contributed by atoms with van der Waals surface area (Å²) < 4.78 is 0. The molecule has 0 atom stereocenters. The van der Waals surface area contributed by atoms with Gasteiger partial charge in [-0.05, 0) is 38.7 Å². The minimum absolute atomic E-state index is 0.386. The minimum atomic E-state index is -0.489. The lowest BCUT2D eigenvalue weighted by atomic mass is 9.92. The molecule has 7 heteroatoms. The van der Waals surface area contributed by atoms with Crippen LogP contribution in [0.1, 0.15) is 37.6 Å². The molecule has 0 bridgehead atoms. The van der Waals surface area contributed by atoms with E-state index in [4.69, 9.17) is 11.5 Å². The van der Waals surface area contributed by atoms with Crippen LogP contribution in [0.3, 0.4) is 0 Å². The number of carbonyl (C=O) groups excluding carboxylic acids is 1. The molecule has 1 heterocycles. The maximum Gasteiger partial charge on any atom is 0.252 e. The molecule has 1 aliphatic rings. The van der Waals surface area contributed by atoms with E-state index in [2.05, 4.69) is 20.6 Å². The van der Waals surface area contributed by atoms with Crippen molar-refractivity contribution in [2.45, 2.75) is 39.2 Å². The molecule has 1 aliphatic carbocycles. The van der Waals surface area contributed by atoms with Crippen molar-refractivity contribution in [3.63, 3.8) is 0 Å². The van der Waals surface area contributed by atoms with Crippen LogP contribution >= 0.6 is 0 Å². The summed E-state index contributed by atoms with van der Waals surface area (Å²) in [5.41, 5.74) is 14.1. The number of aromatic nitrogens is 2. The lowest BCUT2D eigenvalue weighted by Gasteiger charge is -2.29. The smallest absolute Gasteiger partial charge is 0.252 e. The van der Waals surface area contributed by atoms with Gasteiger partial charge >= 0.3 is 0 Å². The number of amides is 1. The molecule has 0 radical (unpaired) electrons. The summed E-state index contributed by atoms with van der Waals surface area (Å²) in [4.78, 5) is 20.3. The highest BCUT2D eigenvalue weighted by molar-refractivity contribution is 5.96. The molecule has 1 amide bonds. The molecule has 1 aromatic rings. The van der Waals surface area contributed by atoms with Crippen molar-refractivity contribution in [2.24, 2.45) is 11.5 Å². The van der Waals surface area contributed by atoms with Gasteiger partial charge in [-0.1, -0.05) is 6.08 Å². The second-order valence-electron chi connectivity index (χ2n) is 6.05. The number of nitrogens with zero attached hydrogens (tertiary/aromatic N) is 2. The summed E-state index contributed by atoms with van der Waals surface area (Å²) in [6.07, 6.45) is 11.8. The van der Waals surface area contributed by atoms with Crippen LogP contribution in [0.15, 0.2) is 42.1 Å². The Kier molecular flexibility index (Phi) is 6.56. The summed E-state index contributed by atoms with van der Waals surface area (Å²) in [6, 6.07) is 0.411. The van der Waals surface area contributed by atoms with Crippen LogP contribution in [0.5, 0.6) is 0 Å². The highest BCUT2D eigenvalue weighted by Gasteiger charge is 2.20. The molecule has 6 N–H and O–H groups in total. The maximum atomic E-state index is 11.8. The predicted molar refractivity (Wildman–Crippen MR) is 98.7 cm³/mol. The van der Waals surface area contributed by atoms with Crippen LogP contribution in [0, 0.1) is 6.92 Å². The molecule has 1 fully saturated rings. The zero-order valence-electron chi connectivity index (χ0n) is 14.7. The Hall–Kier alpha value is -2.83. The standard InChI is InChI=1S/C18H26N6O/c1-3-16(24-14-5-4-6-14)15(17(20)25)11-21-10-13(7-19)18-22-8-12(2)9-23-18/h3,7-9,11,14,21,24H,4-6,10,19H2,1-2H3,(H2,20,25)/b13-7?,15-11+,16-3+. The molecular formula is C18H26N6O. The van der Waals surface area contributed by atoms with Gasteiger partial charge in [-0.2, -0.15) is 0 Å². The van der Waals surface area contributed by atoms with E-state index in [1.807, 2.05) is 19.9 Å². The van der Waals surface area contributed by atoms with Gasteiger partial charge in [-0.25, -0.2) is 9.97 Å². The summed E-state index contributed by atoms with van der Waals surface area (Å²) in [5, 5.41) is 6.45. The van der Waals surface area contributed by atoms with E-state index in [-0.39, 0.29) is 0 Å². The zero-order valence-corrected chi connectivity index (χ0v) is 14.7. The first-order valence-electron chi connectivity index (χ1n) is 8.41. The Labute approximate surface area is 148 Å². The third-order valence-corrected chi connectivity index (χ3v) is 4.12. The van der Waals surface area contributed by atoms with Gasteiger partial charge in [0.2, 0.25) is 0 Å². The Balaban J connectivity index is 2.04. The van der Waals surface area contributed by atoms with Crippen molar-refractivity contribution >= 4 is 11.5 Å². The van der Waals surface area contributed by atoms with Crippen molar-refractivity contribution in [3.8, 4) is 0 Å². The molecule has 1 saturated carbocycles. The van der Waals surface area contributed by atoms with Gasteiger partial charge in [0.25, 0.3) is 5.91 Å². The van der Waals surface area contributed by atoms with Crippen LogP contribution in [-0.4, -0.2) is 28.5 Å². The molecular weight excluding hydrogens is 316 g/mol. The minimum Gasteiger partial charge on any atom is -0.404 e. The second kappa shape index (κ2) is 8.86. The molecule has 0 saturated heterocycles. The van der Waals surface area contributed by atoms with Crippen molar-refractivity contribution in [2.75, 3.05) is 6.54 Å². The number of hydrogen-bond donors (Lipinski definition) is 4. The molecule has 0 aromatic carbocycles. The number of primary amides is 1. The van der Waals surface area contributed by atoms with E-state index in [9.17, 15) is 4.79 Å². The van der Waals surface area contributed by atoms with Gasteiger partial charge in [0.1, 0.15) is 0 Å². The summed E-state index contributed by atoms with van der Waals surface area (Å²) in [5.74, 6) is 0.0609. The fourth-order valence-electron chi connectivity index (χ4n) is 2.40. The molecule has 7 nitrogen and oxygen atoms in total. The Bertz CT molecular complexity index is 686. The monoisotopic (exact) mass is 342 g/mol. The molecule has 0 spiro atoms. The third kappa shape index (κ3) is 5.07. The van der Waals surface area contributed by atoms with Crippen LogP contribution in [0.4, 0.5) is 0 Å². The topological polar surface area (TPSA) is 119 Å². The fourth-order valence-corrected chi connectivity index (χ4v) is 2.40. The second-order valence-corrected chi connectivity index (χ2v) is 6.05. The van der Waals surface area contributed by atoms with Crippen molar-refractivity contribution in [1.29, 1.82) is 0 Å². The van der Waals surface area contributed by atoms with Crippen molar-refractivity contribution in [3.05, 3.63) is 53.5 Å². The van der Waals surface area contributed by atoms with Crippen molar-refractivity contribution < 1.29 is 4.79 Å². The number of nitrogens with two attached hydrogens (primary N) is 2. The van der Waals surface area contributed by atoms with E-state index in [1.54, 1.807) is 18.6 Å². The van der Waals surface area contributed by atoms with Crippen LogP contribution < -0.4 is 22.1 Å². The average molecular weight is 342 g/mol. The van der Waals surface area contributed by atoms with E-state index in [1.165, 1.54) is 12.6 Å². The quantitative estimate of drug-likeness (QED) is 0.415. The Morgan fingerprint density at radius 3 is 2.52 bits per heavy atom. The van der Waals surface area contributed by atoms with E-state index in [0.717, 1.165) is 29.7 Å². The normalized spacial score (nSPS) is 16.3. The maximum absolute atomic E-state index is 11.8. The van der Waals surface area contributed by atoms with Gasteiger partial charge < -0.3 is 22.1 Å². The third-order valence-electron chi connectivity index (χ3n) is 4.12. The first kappa shape index (κ1) is 18.5. The lowest BCUT2D eigenvalue weighted by molar-refractivity contribution is -0.114. The summed E-state index contributed by atoms with van der Waals surface area (Å²) >= 11 is 0. The number of rotatable bonds is 8. The van der Waals surface area contributed by atoms with Gasteiger partial charge in [0.05, 0.1) is 5.57 Å². The van der Waals surface area contributed by atoms with Crippen LogP contribution in [0.25, 0.3) is 5.57 Å². The highest BCUT2D eigenvalue weighted by atomic mass is 16.1. The van der Waals surface area contributed by atoms with Gasteiger partial charge in [0.15, 0.2) is 5.82 Å². The summed E-state index contributed by atoms with van der Waals surface area (Å²) in [7, 11) is 0. The van der Waals surface area contributed by atoms with E-state index in [0.29, 0.717) is 24.0 Å². The molecule has 0 aliphatic heterocycles. The molecule has 0 unspecified atom stereocenters. The SMILES string of the molecule is C/C=C(NC1CCC1)\C(=C/NCC(=CN)c1ncc(C)cn1)C(N)=O. The molecule has 1 aromatic heterocycles. The zero-order chi connectivity index (χ0) is 18.2. The first-order chi connectivity index (χ1) is 12.0. The Morgan fingerprint density at radius 1 is 1.36 bits per heavy atom. The number of hydrogen-bond acceptors (Lipinski definition) is 6. The molecule has 2 rings (SSSR count). The summed E-state index contributed by atoms with van der Waals surface area (Å²) in [6.45, 7) is 4.18.